The number of cyclic esters (lactones) is 1. The highest BCUT2D eigenvalue weighted by Crippen LogP contribution is 2.33. The van der Waals surface area contributed by atoms with E-state index in [1.807, 2.05) is 0 Å². The van der Waals surface area contributed by atoms with Crippen molar-refractivity contribution in [2.24, 2.45) is 11.3 Å². The molecule has 1 aliphatic heterocycles. The Labute approximate surface area is 130 Å². The Morgan fingerprint density at radius 1 is 1.36 bits per heavy atom. The summed E-state index contributed by atoms with van der Waals surface area (Å²) in [5.74, 6) is -1.76. The minimum absolute atomic E-state index is 0.168. The van der Waals surface area contributed by atoms with Gasteiger partial charge < -0.3 is 14.2 Å². The molecule has 124 valence electrons. The molecule has 0 aromatic rings. The summed E-state index contributed by atoms with van der Waals surface area (Å²) in [7, 11) is 0. The van der Waals surface area contributed by atoms with Gasteiger partial charge in [-0.25, -0.2) is 9.59 Å². The summed E-state index contributed by atoms with van der Waals surface area (Å²) in [6.07, 6.45) is 0.448. The maximum absolute atomic E-state index is 12.4. The fourth-order valence-electron chi connectivity index (χ4n) is 2.54. The molecule has 1 rings (SSSR count). The lowest BCUT2D eigenvalue weighted by molar-refractivity contribution is -0.173. The van der Waals surface area contributed by atoms with Crippen LogP contribution in [0.5, 0.6) is 0 Å². The summed E-state index contributed by atoms with van der Waals surface area (Å²) >= 11 is 0. The lowest BCUT2D eigenvalue weighted by Crippen LogP contribution is -2.40. The van der Waals surface area contributed by atoms with Crippen LogP contribution in [-0.4, -0.2) is 36.2 Å². The van der Waals surface area contributed by atoms with Crippen molar-refractivity contribution in [1.29, 1.82) is 0 Å². The van der Waals surface area contributed by atoms with E-state index in [9.17, 15) is 14.4 Å². The molecule has 0 aliphatic carbocycles. The van der Waals surface area contributed by atoms with Crippen LogP contribution < -0.4 is 0 Å². The van der Waals surface area contributed by atoms with E-state index in [2.05, 4.69) is 6.58 Å². The molecule has 0 amide bonds. The van der Waals surface area contributed by atoms with E-state index in [1.54, 1.807) is 34.6 Å². The van der Waals surface area contributed by atoms with E-state index in [0.29, 0.717) is 0 Å². The number of hydrogen-bond acceptors (Lipinski definition) is 6. The topological polar surface area (TPSA) is 78.9 Å². The van der Waals surface area contributed by atoms with Crippen LogP contribution in [-0.2, 0) is 28.6 Å². The van der Waals surface area contributed by atoms with Gasteiger partial charge in [-0.2, -0.15) is 0 Å². The number of carbonyl (C=O) groups excluding carboxylic acids is 3. The normalized spacial score (nSPS) is 22.0. The van der Waals surface area contributed by atoms with Gasteiger partial charge in [0.25, 0.3) is 0 Å². The van der Waals surface area contributed by atoms with E-state index in [-0.39, 0.29) is 18.9 Å². The van der Waals surface area contributed by atoms with Gasteiger partial charge in [0.05, 0.1) is 12.0 Å². The Hall–Kier alpha value is -1.85. The van der Waals surface area contributed by atoms with Crippen molar-refractivity contribution in [3.63, 3.8) is 0 Å². The highest BCUT2D eigenvalue weighted by Gasteiger charge is 2.43. The first kappa shape index (κ1) is 18.2. The summed E-state index contributed by atoms with van der Waals surface area (Å²) in [5.41, 5.74) is -1.79. The lowest BCUT2D eigenvalue weighted by Gasteiger charge is -2.33. The minimum atomic E-state index is -0.923. The summed E-state index contributed by atoms with van der Waals surface area (Å²) in [4.78, 5) is 35.2. The number of rotatable bonds is 6. The highest BCUT2D eigenvalue weighted by molar-refractivity contribution is 5.83. The zero-order valence-corrected chi connectivity index (χ0v) is 13.8. The third kappa shape index (κ3) is 4.58. The molecule has 0 saturated carbocycles. The van der Waals surface area contributed by atoms with Crippen LogP contribution in [0.25, 0.3) is 0 Å². The molecule has 0 radical (unpaired) electrons. The van der Waals surface area contributed by atoms with Crippen molar-refractivity contribution in [3.05, 3.63) is 12.7 Å². The van der Waals surface area contributed by atoms with E-state index in [0.717, 1.165) is 6.08 Å². The molecule has 1 heterocycles. The summed E-state index contributed by atoms with van der Waals surface area (Å²) in [6.45, 7) is 12.2. The molecular formula is C16H24O6. The molecule has 0 N–H and O–H groups in total. The average Bonchev–Trinajstić information content (AvgIpc) is 2.68. The van der Waals surface area contributed by atoms with E-state index in [1.165, 1.54) is 0 Å². The van der Waals surface area contributed by atoms with Gasteiger partial charge in [0.2, 0.25) is 6.10 Å². The third-order valence-electron chi connectivity index (χ3n) is 3.44. The highest BCUT2D eigenvalue weighted by atomic mass is 16.6. The van der Waals surface area contributed by atoms with Crippen molar-refractivity contribution in [2.75, 3.05) is 6.61 Å². The predicted molar refractivity (Wildman–Crippen MR) is 78.8 cm³/mol. The monoisotopic (exact) mass is 312 g/mol. The second-order valence-corrected chi connectivity index (χ2v) is 6.88. The molecule has 0 bridgehead atoms. The number of carbonyl (C=O) groups is 3. The zero-order chi connectivity index (χ0) is 17.1. The van der Waals surface area contributed by atoms with Gasteiger partial charge >= 0.3 is 17.9 Å². The second kappa shape index (κ2) is 6.50. The molecule has 6 heteroatoms. The quantitative estimate of drug-likeness (QED) is 0.424. The largest absolute Gasteiger partial charge is 0.462 e. The van der Waals surface area contributed by atoms with Crippen molar-refractivity contribution >= 4 is 17.9 Å². The van der Waals surface area contributed by atoms with Crippen LogP contribution in [0.15, 0.2) is 12.7 Å². The molecule has 6 nitrogen and oxygen atoms in total. The van der Waals surface area contributed by atoms with Crippen molar-refractivity contribution in [2.45, 2.75) is 52.7 Å². The van der Waals surface area contributed by atoms with Crippen LogP contribution in [0.3, 0.4) is 0 Å². The van der Waals surface area contributed by atoms with Gasteiger partial charge in [-0.3, -0.25) is 4.79 Å². The maximum Gasteiger partial charge on any atom is 0.347 e. The molecule has 1 aliphatic rings. The molecule has 22 heavy (non-hydrogen) atoms. The fraction of sp³-hybridized carbons (Fsp3) is 0.688. The minimum Gasteiger partial charge on any atom is -0.462 e. The molecule has 1 saturated heterocycles. The molecule has 0 aromatic carbocycles. The molecule has 0 spiro atoms. The van der Waals surface area contributed by atoms with Crippen molar-refractivity contribution in [1.82, 2.24) is 0 Å². The first-order chi connectivity index (χ1) is 9.98. The Morgan fingerprint density at radius 2 is 1.95 bits per heavy atom. The fourth-order valence-corrected chi connectivity index (χ4v) is 2.54. The Bertz CT molecular complexity index is 477. The van der Waals surface area contributed by atoms with Gasteiger partial charge in [0, 0.05) is 18.4 Å². The maximum atomic E-state index is 12.4. The first-order valence-corrected chi connectivity index (χ1v) is 7.21. The van der Waals surface area contributed by atoms with Gasteiger partial charge in [0.15, 0.2) is 0 Å². The van der Waals surface area contributed by atoms with E-state index >= 15 is 0 Å². The van der Waals surface area contributed by atoms with Gasteiger partial charge in [-0.15, -0.1) is 0 Å². The van der Waals surface area contributed by atoms with Crippen LogP contribution >= 0.6 is 0 Å². The van der Waals surface area contributed by atoms with Crippen molar-refractivity contribution in [3.8, 4) is 0 Å². The zero-order valence-electron chi connectivity index (χ0n) is 13.8. The Balaban J connectivity index is 2.72. The van der Waals surface area contributed by atoms with Crippen LogP contribution in [0.4, 0.5) is 0 Å². The Morgan fingerprint density at radius 3 is 2.41 bits per heavy atom. The smallest absolute Gasteiger partial charge is 0.347 e. The summed E-state index contributed by atoms with van der Waals surface area (Å²) < 4.78 is 15.4. The van der Waals surface area contributed by atoms with Crippen molar-refractivity contribution < 1.29 is 28.6 Å². The van der Waals surface area contributed by atoms with Crippen LogP contribution in [0.1, 0.15) is 41.0 Å². The standard InChI is InChI=1S/C16H24O6/c1-7-11(17)22-16(5,6)9-15(3,4)14(19)21-12-10(2)8-20-13(12)18/h7,10,12H,1,8-9H2,2-6H3. The van der Waals surface area contributed by atoms with Gasteiger partial charge in [-0.05, 0) is 27.7 Å². The predicted octanol–water partition coefficient (Wildman–Crippen LogP) is 2.02. The SMILES string of the molecule is C=CC(=O)OC(C)(C)CC(C)(C)C(=O)OC1C(=O)OCC1C. The van der Waals surface area contributed by atoms with Crippen LogP contribution in [0.2, 0.25) is 0 Å². The Kier molecular flexibility index (Phi) is 5.38. The number of ether oxygens (including phenoxy) is 3. The number of hydrogen-bond donors (Lipinski definition) is 0. The van der Waals surface area contributed by atoms with E-state index in [4.69, 9.17) is 14.2 Å². The van der Waals surface area contributed by atoms with Gasteiger partial charge in [0.1, 0.15) is 5.60 Å². The third-order valence-corrected chi connectivity index (χ3v) is 3.44. The van der Waals surface area contributed by atoms with Gasteiger partial charge in [-0.1, -0.05) is 13.5 Å². The molecule has 2 unspecified atom stereocenters. The second-order valence-electron chi connectivity index (χ2n) is 6.88. The molecule has 2 atom stereocenters. The molecule has 1 fully saturated rings. The summed E-state index contributed by atoms with van der Waals surface area (Å²) in [6, 6.07) is 0. The summed E-state index contributed by atoms with van der Waals surface area (Å²) in [5, 5.41) is 0. The lowest BCUT2D eigenvalue weighted by atomic mass is 9.81. The first-order valence-electron chi connectivity index (χ1n) is 7.21. The molecule has 0 aromatic heterocycles. The number of esters is 3. The molecular weight excluding hydrogens is 288 g/mol. The average molecular weight is 312 g/mol. The van der Waals surface area contributed by atoms with Crippen LogP contribution in [0, 0.1) is 11.3 Å². The van der Waals surface area contributed by atoms with E-state index < -0.39 is 35.0 Å².